The van der Waals surface area contributed by atoms with E-state index in [4.69, 9.17) is 4.74 Å². The number of benzene rings is 1. The Labute approximate surface area is 199 Å². The molecule has 1 saturated heterocycles. The van der Waals surface area contributed by atoms with Crippen molar-refractivity contribution in [3.05, 3.63) is 59.9 Å². The molecule has 7 nitrogen and oxygen atoms in total. The van der Waals surface area contributed by atoms with Gasteiger partial charge in [-0.2, -0.15) is 4.57 Å². The topological polar surface area (TPSA) is 82.8 Å². The van der Waals surface area contributed by atoms with Crippen molar-refractivity contribution < 1.29 is 41.0 Å². The molecule has 1 fully saturated rings. The van der Waals surface area contributed by atoms with Gasteiger partial charge in [0, 0.05) is 25.6 Å². The number of amides is 2. The first-order valence-corrected chi connectivity index (χ1v) is 10.9. The summed E-state index contributed by atoms with van der Waals surface area (Å²) in [5.41, 5.74) is 0.948. The number of pyridine rings is 1. The van der Waals surface area contributed by atoms with Crippen molar-refractivity contribution in [2.45, 2.75) is 63.9 Å². The number of hydrogen-bond donors (Lipinski definition) is 2. The Balaban J connectivity index is 0.00000289. The molecular weight excluding hydrogens is 474 g/mol. The predicted octanol–water partition coefficient (Wildman–Crippen LogP) is -1.12. The lowest BCUT2D eigenvalue weighted by Crippen LogP contribution is -3.00. The third-order valence-corrected chi connectivity index (χ3v) is 6.06. The van der Waals surface area contributed by atoms with E-state index in [1.54, 1.807) is 15.7 Å². The number of hydrogen-bond acceptors (Lipinski definition) is 4. The first kappa shape index (κ1) is 24.2. The van der Waals surface area contributed by atoms with Crippen LogP contribution >= 0.6 is 0 Å². The van der Waals surface area contributed by atoms with Crippen molar-refractivity contribution in [3.63, 3.8) is 0 Å². The van der Waals surface area contributed by atoms with Crippen LogP contribution in [0.1, 0.15) is 50.3 Å². The average molecular weight is 504 g/mol. The fraction of sp³-hybridized carbons (Fsp3) is 0.458. The first-order chi connectivity index (χ1) is 14.8. The smallest absolute Gasteiger partial charge is 0.286 e. The highest BCUT2D eigenvalue weighted by molar-refractivity contribution is 5.77. The summed E-state index contributed by atoms with van der Waals surface area (Å²) in [6, 6.07) is 11.1. The number of aliphatic hydroxyl groups excluding tert-OH is 1. The van der Waals surface area contributed by atoms with Crippen LogP contribution in [0.15, 0.2) is 48.8 Å². The van der Waals surface area contributed by atoms with Gasteiger partial charge in [-0.1, -0.05) is 30.3 Å². The van der Waals surface area contributed by atoms with Crippen LogP contribution in [0.4, 0.5) is 0 Å². The summed E-state index contributed by atoms with van der Waals surface area (Å²) in [6.07, 6.45) is 5.03. The van der Waals surface area contributed by atoms with Crippen molar-refractivity contribution in [1.82, 2.24) is 10.2 Å². The SMILES string of the molecule is CC1(C)Oc2cc[n+](CC(=O)NCc3ccccc3)cc2C(N2CCCCC2=O)C1O.[Br-]. The molecule has 2 atom stereocenters. The molecule has 2 unspecified atom stereocenters. The van der Waals surface area contributed by atoms with E-state index in [0.29, 0.717) is 25.3 Å². The van der Waals surface area contributed by atoms with Gasteiger partial charge in [0.2, 0.25) is 12.5 Å². The van der Waals surface area contributed by atoms with Crippen LogP contribution in [0, 0.1) is 0 Å². The van der Waals surface area contributed by atoms with Crippen LogP contribution in [0.25, 0.3) is 0 Å². The van der Waals surface area contributed by atoms with Crippen molar-refractivity contribution in [2.24, 2.45) is 0 Å². The molecule has 2 aliphatic heterocycles. The quantitative estimate of drug-likeness (QED) is 0.506. The van der Waals surface area contributed by atoms with Crippen molar-refractivity contribution in [2.75, 3.05) is 6.54 Å². The average Bonchev–Trinajstić information content (AvgIpc) is 2.75. The lowest BCUT2D eigenvalue weighted by molar-refractivity contribution is -0.685. The molecule has 0 bridgehead atoms. The lowest BCUT2D eigenvalue weighted by atomic mass is 9.85. The van der Waals surface area contributed by atoms with Gasteiger partial charge in [-0.05, 0) is 32.3 Å². The molecule has 0 saturated carbocycles. The number of aliphatic hydroxyl groups is 1. The molecule has 8 heteroatoms. The number of nitrogens with one attached hydrogen (secondary N) is 1. The molecule has 0 aliphatic carbocycles. The van der Waals surface area contributed by atoms with Crippen molar-refractivity contribution in [1.29, 1.82) is 0 Å². The van der Waals surface area contributed by atoms with Gasteiger partial charge >= 0.3 is 0 Å². The molecule has 4 rings (SSSR count). The Morgan fingerprint density at radius 3 is 2.72 bits per heavy atom. The normalized spacial score (nSPS) is 21.7. The molecule has 3 heterocycles. The molecule has 2 amide bonds. The summed E-state index contributed by atoms with van der Waals surface area (Å²) in [4.78, 5) is 26.9. The fourth-order valence-electron chi connectivity index (χ4n) is 4.33. The molecule has 2 aromatic rings. The monoisotopic (exact) mass is 503 g/mol. The molecule has 1 aromatic carbocycles. The number of aromatic nitrogens is 1. The van der Waals surface area contributed by atoms with Gasteiger partial charge in [0.05, 0.1) is 11.6 Å². The molecule has 32 heavy (non-hydrogen) atoms. The van der Waals surface area contributed by atoms with E-state index in [2.05, 4.69) is 5.32 Å². The lowest BCUT2D eigenvalue weighted by Gasteiger charge is -2.46. The van der Waals surface area contributed by atoms with Gasteiger partial charge in [-0.25, -0.2) is 0 Å². The van der Waals surface area contributed by atoms with E-state index in [1.165, 1.54) is 0 Å². The van der Waals surface area contributed by atoms with Gasteiger partial charge in [0.15, 0.2) is 12.4 Å². The van der Waals surface area contributed by atoms with Crippen LogP contribution in [0.3, 0.4) is 0 Å². The summed E-state index contributed by atoms with van der Waals surface area (Å²) in [6.45, 7) is 4.88. The van der Waals surface area contributed by atoms with Crippen molar-refractivity contribution in [3.8, 4) is 5.75 Å². The van der Waals surface area contributed by atoms with E-state index in [-0.39, 0.29) is 35.3 Å². The van der Waals surface area contributed by atoms with Gasteiger partial charge in [-0.3, -0.25) is 9.59 Å². The Hall–Kier alpha value is -2.45. The third kappa shape index (κ3) is 5.13. The van der Waals surface area contributed by atoms with Gasteiger partial charge in [0.1, 0.15) is 17.5 Å². The predicted molar refractivity (Wildman–Crippen MR) is 114 cm³/mol. The highest BCUT2D eigenvalue weighted by Crippen LogP contribution is 2.43. The number of ether oxygens (including phenoxy) is 1. The molecule has 0 radical (unpaired) electrons. The Morgan fingerprint density at radius 1 is 1.25 bits per heavy atom. The Bertz CT molecular complexity index is 967. The molecule has 1 aromatic heterocycles. The third-order valence-electron chi connectivity index (χ3n) is 6.06. The number of piperidine rings is 1. The number of carbonyl (C=O) groups is 2. The molecule has 0 spiro atoms. The van der Waals surface area contributed by atoms with E-state index in [1.807, 2.05) is 56.4 Å². The molecule has 2 aliphatic rings. The number of likely N-dealkylation sites (tertiary alicyclic amines) is 1. The van der Waals surface area contributed by atoms with E-state index in [0.717, 1.165) is 24.0 Å². The Morgan fingerprint density at radius 2 is 2.00 bits per heavy atom. The number of fused-ring (bicyclic) bond motifs is 1. The zero-order valence-corrected chi connectivity index (χ0v) is 20.0. The van der Waals surface area contributed by atoms with E-state index >= 15 is 0 Å². The highest BCUT2D eigenvalue weighted by Gasteiger charge is 2.48. The number of nitrogens with zero attached hydrogens (tertiary/aromatic N) is 2. The molecule has 172 valence electrons. The van der Waals surface area contributed by atoms with Gasteiger partial charge in [0.25, 0.3) is 5.91 Å². The summed E-state index contributed by atoms with van der Waals surface area (Å²) in [7, 11) is 0. The van der Waals surface area contributed by atoms with Crippen molar-refractivity contribution >= 4 is 11.8 Å². The minimum atomic E-state index is -0.871. The maximum atomic E-state index is 12.6. The van der Waals surface area contributed by atoms with Crippen LogP contribution < -0.4 is 31.6 Å². The van der Waals surface area contributed by atoms with Gasteiger partial charge < -0.3 is 37.0 Å². The molecular formula is C24H30BrN3O4. The first-order valence-electron chi connectivity index (χ1n) is 10.9. The summed E-state index contributed by atoms with van der Waals surface area (Å²) < 4.78 is 7.82. The zero-order chi connectivity index (χ0) is 22.0. The minimum Gasteiger partial charge on any atom is -1.00 e. The van der Waals surface area contributed by atoms with Crippen LogP contribution in [-0.2, 0) is 22.7 Å². The number of halogens is 1. The highest BCUT2D eigenvalue weighted by atomic mass is 79.9. The minimum absolute atomic E-state index is 0. The van der Waals surface area contributed by atoms with E-state index < -0.39 is 17.7 Å². The van der Waals surface area contributed by atoms with Crippen LogP contribution in [-0.4, -0.2) is 40.1 Å². The standard InChI is InChI=1S/C24H29N3O4.BrH/c1-24(2)23(30)22(27-12-7-6-10-21(27)29)18-15-26(13-11-19(18)31-24)16-20(28)25-14-17-8-4-3-5-9-17;/h3-5,8-9,11,13,15,22-23,30H,6-7,10,12,14,16H2,1-2H3;1H. The second kappa shape index (κ2) is 10.0. The van der Waals surface area contributed by atoms with Crippen LogP contribution in [0.5, 0.6) is 5.75 Å². The molecule has 2 N–H and O–H groups in total. The number of rotatable bonds is 5. The summed E-state index contributed by atoms with van der Waals surface area (Å²) in [5.74, 6) is 0.576. The van der Waals surface area contributed by atoms with Crippen LogP contribution in [0.2, 0.25) is 0 Å². The second-order valence-electron chi connectivity index (χ2n) is 8.84. The maximum absolute atomic E-state index is 12.6. The summed E-state index contributed by atoms with van der Waals surface area (Å²) in [5, 5.41) is 14.0. The summed E-state index contributed by atoms with van der Waals surface area (Å²) >= 11 is 0. The fourth-order valence-corrected chi connectivity index (χ4v) is 4.33. The maximum Gasteiger partial charge on any atom is 0.286 e. The zero-order valence-electron chi connectivity index (χ0n) is 18.5. The van der Waals surface area contributed by atoms with Gasteiger partial charge in [-0.15, -0.1) is 0 Å². The second-order valence-corrected chi connectivity index (χ2v) is 8.84. The number of carbonyl (C=O) groups excluding carboxylic acids is 2. The van der Waals surface area contributed by atoms with E-state index in [9.17, 15) is 14.7 Å². The Kier molecular flexibility index (Phi) is 7.56. The largest absolute Gasteiger partial charge is 1.00 e.